The Morgan fingerprint density at radius 1 is 1.17 bits per heavy atom. The Hall–Kier alpha value is -1.85. The summed E-state index contributed by atoms with van der Waals surface area (Å²) < 4.78 is 10.5. The lowest BCUT2D eigenvalue weighted by Gasteiger charge is -2.17. The van der Waals surface area contributed by atoms with E-state index >= 15 is 0 Å². The fourth-order valence-corrected chi connectivity index (χ4v) is 3.37. The predicted molar refractivity (Wildman–Crippen MR) is 99.6 cm³/mol. The van der Waals surface area contributed by atoms with Crippen molar-refractivity contribution < 1.29 is 14.3 Å². The number of anilines is 1. The molecule has 0 fully saturated rings. The van der Waals surface area contributed by atoms with Gasteiger partial charge >= 0.3 is 0 Å². The van der Waals surface area contributed by atoms with Gasteiger partial charge in [0.05, 0.1) is 30.2 Å². The molecule has 0 saturated heterocycles. The minimum atomic E-state index is -0.210. The van der Waals surface area contributed by atoms with Crippen molar-refractivity contribution in [1.82, 2.24) is 0 Å². The van der Waals surface area contributed by atoms with Gasteiger partial charge in [-0.25, -0.2) is 0 Å². The van der Waals surface area contributed by atoms with E-state index in [-0.39, 0.29) is 11.2 Å². The number of methoxy groups -OCH3 is 2. The van der Waals surface area contributed by atoms with Gasteiger partial charge in [-0.1, -0.05) is 36.7 Å². The van der Waals surface area contributed by atoms with Crippen LogP contribution in [0.2, 0.25) is 5.02 Å². The van der Waals surface area contributed by atoms with Crippen LogP contribution in [0.5, 0.6) is 11.5 Å². The molecule has 0 bridgehead atoms. The number of thioether (sulfide) groups is 1. The Labute approximate surface area is 151 Å². The van der Waals surface area contributed by atoms with Crippen molar-refractivity contribution in [3.63, 3.8) is 0 Å². The number of nitrogens with one attached hydrogen (secondary N) is 1. The number of hydrogen-bond donors (Lipinski definition) is 1. The number of ether oxygens (including phenoxy) is 2. The van der Waals surface area contributed by atoms with Crippen LogP contribution in [0.25, 0.3) is 0 Å². The summed E-state index contributed by atoms with van der Waals surface area (Å²) in [7, 11) is 3.07. The molecule has 0 aliphatic carbocycles. The maximum atomic E-state index is 12.6. The first kappa shape index (κ1) is 18.5. The van der Waals surface area contributed by atoms with Gasteiger partial charge in [0.15, 0.2) is 0 Å². The van der Waals surface area contributed by atoms with Crippen LogP contribution in [0, 0.1) is 0 Å². The van der Waals surface area contributed by atoms with Gasteiger partial charge in [-0.05, 0) is 24.6 Å². The molecule has 0 saturated carbocycles. The Bertz CT molecular complexity index is 694. The first-order valence-corrected chi connectivity index (χ1v) is 8.78. The molecule has 1 amide bonds. The van der Waals surface area contributed by atoms with E-state index in [0.29, 0.717) is 28.6 Å². The second kappa shape index (κ2) is 8.85. The van der Waals surface area contributed by atoms with Crippen LogP contribution < -0.4 is 14.8 Å². The largest absolute Gasteiger partial charge is 0.495 e. The molecule has 2 aromatic rings. The molecule has 24 heavy (non-hydrogen) atoms. The standard InChI is InChI=1S/C18H20ClNO3S/c1-4-17(24-12-8-6-5-7-9-12)18(21)20-14-10-13(19)15(22-2)11-16(14)23-3/h5-11,17H,4H2,1-3H3,(H,20,21). The number of carbonyl (C=O) groups excluding carboxylic acids is 1. The third-order valence-corrected chi connectivity index (χ3v) is 5.09. The summed E-state index contributed by atoms with van der Waals surface area (Å²) in [6.45, 7) is 1.98. The van der Waals surface area contributed by atoms with Crippen molar-refractivity contribution in [3.05, 3.63) is 47.5 Å². The highest BCUT2D eigenvalue weighted by molar-refractivity contribution is 8.00. The molecule has 0 radical (unpaired) electrons. The van der Waals surface area contributed by atoms with Gasteiger partial charge in [0.25, 0.3) is 0 Å². The maximum absolute atomic E-state index is 12.6. The second-order valence-corrected chi connectivity index (χ2v) is 6.69. The minimum absolute atomic E-state index is 0.0918. The first-order chi connectivity index (χ1) is 11.6. The van der Waals surface area contributed by atoms with Crippen molar-refractivity contribution in [2.75, 3.05) is 19.5 Å². The van der Waals surface area contributed by atoms with E-state index < -0.39 is 0 Å². The fraction of sp³-hybridized carbons (Fsp3) is 0.278. The van der Waals surface area contributed by atoms with Gasteiger partial charge in [0.2, 0.25) is 5.91 Å². The molecule has 0 spiro atoms. The number of halogens is 1. The Morgan fingerprint density at radius 3 is 2.42 bits per heavy atom. The van der Waals surface area contributed by atoms with Crippen molar-refractivity contribution >= 4 is 35.0 Å². The van der Waals surface area contributed by atoms with E-state index in [1.165, 1.54) is 26.0 Å². The molecule has 1 N–H and O–H groups in total. The molecule has 0 aromatic heterocycles. The molecule has 1 unspecified atom stereocenters. The Balaban J connectivity index is 2.16. The number of carbonyl (C=O) groups is 1. The van der Waals surface area contributed by atoms with Gasteiger partial charge in [0.1, 0.15) is 11.5 Å². The van der Waals surface area contributed by atoms with Gasteiger partial charge in [0, 0.05) is 11.0 Å². The molecule has 0 heterocycles. The molecule has 1 atom stereocenters. The molecular formula is C18H20ClNO3S. The number of benzene rings is 2. The topological polar surface area (TPSA) is 47.6 Å². The second-order valence-electron chi connectivity index (χ2n) is 5.00. The van der Waals surface area contributed by atoms with Gasteiger partial charge in [-0.3, -0.25) is 4.79 Å². The van der Waals surface area contributed by atoms with Crippen LogP contribution in [0.1, 0.15) is 13.3 Å². The molecule has 2 rings (SSSR count). The Morgan fingerprint density at radius 2 is 1.83 bits per heavy atom. The smallest absolute Gasteiger partial charge is 0.237 e. The van der Waals surface area contributed by atoms with Gasteiger partial charge in [-0.15, -0.1) is 11.8 Å². The van der Waals surface area contributed by atoms with Crippen molar-refractivity contribution in [2.45, 2.75) is 23.5 Å². The predicted octanol–water partition coefficient (Wildman–Crippen LogP) is 4.87. The average molecular weight is 366 g/mol. The van der Waals surface area contributed by atoms with Crippen LogP contribution in [0.15, 0.2) is 47.4 Å². The monoisotopic (exact) mass is 365 g/mol. The average Bonchev–Trinajstić information content (AvgIpc) is 2.60. The van der Waals surface area contributed by atoms with Gasteiger partial charge < -0.3 is 14.8 Å². The van der Waals surface area contributed by atoms with E-state index in [0.717, 1.165) is 4.90 Å². The Kier molecular flexibility index (Phi) is 6.82. The lowest BCUT2D eigenvalue weighted by molar-refractivity contribution is -0.115. The third kappa shape index (κ3) is 4.58. The summed E-state index contributed by atoms with van der Waals surface area (Å²) in [6.07, 6.45) is 0.706. The summed E-state index contributed by atoms with van der Waals surface area (Å²) in [5.41, 5.74) is 0.528. The van der Waals surface area contributed by atoms with Crippen molar-refractivity contribution in [2.24, 2.45) is 0 Å². The zero-order chi connectivity index (χ0) is 17.5. The maximum Gasteiger partial charge on any atom is 0.237 e. The van der Waals surface area contributed by atoms with E-state index in [1.807, 2.05) is 37.3 Å². The SMILES string of the molecule is CCC(Sc1ccccc1)C(=O)Nc1cc(Cl)c(OC)cc1OC. The van der Waals surface area contributed by atoms with Crippen LogP contribution in [-0.4, -0.2) is 25.4 Å². The van der Waals surface area contributed by atoms with E-state index in [1.54, 1.807) is 12.1 Å². The summed E-state index contributed by atoms with van der Waals surface area (Å²) in [4.78, 5) is 13.7. The highest BCUT2D eigenvalue weighted by atomic mass is 35.5. The summed E-state index contributed by atoms with van der Waals surface area (Å²) in [5.74, 6) is 0.910. The molecular weight excluding hydrogens is 346 g/mol. The number of rotatable bonds is 7. The molecule has 6 heteroatoms. The summed E-state index contributed by atoms with van der Waals surface area (Å²) in [6, 6.07) is 13.1. The molecule has 2 aromatic carbocycles. The van der Waals surface area contributed by atoms with Crippen LogP contribution in [-0.2, 0) is 4.79 Å². The summed E-state index contributed by atoms with van der Waals surface area (Å²) >= 11 is 7.68. The molecule has 4 nitrogen and oxygen atoms in total. The van der Waals surface area contributed by atoms with Crippen molar-refractivity contribution in [1.29, 1.82) is 0 Å². The third-order valence-electron chi connectivity index (χ3n) is 3.42. The van der Waals surface area contributed by atoms with E-state index in [4.69, 9.17) is 21.1 Å². The zero-order valence-corrected chi connectivity index (χ0v) is 15.4. The minimum Gasteiger partial charge on any atom is -0.495 e. The molecule has 0 aliphatic heterocycles. The molecule has 128 valence electrons. The zero-order valence-electron chi connectivity index (χ0n) is 13.8. The van der Waals surface area contributed by atoms with Crippen molar-refractivity contribution in [3.8, 4) is 11.5 Å². The fourth-order valence-electron chi connectivity index (χ4n) is 2.16. The van der Waals surface area contributed by atoms with E-state index in [2.05, 4.69) is 5.32 Å². The normalized spacial score (nSPS) is 11.7. The number of hydrogen-bond acceptors (Lipinski definition) is 4. The molecule has 0 aliphatic rings. The number of amides is 1. The highest BCUT2D eigenvalue weighted by Crippen LogP contribution is 2.36. The first-order valence-electron chi connectivity index (χ1n) is 7.53. The lowest BCUT2D eigenvalue weighted by atomic mass is 10.2. The van der Waals surface area contributed by atoms with Crippen LogP contribution in [0.4, 0.5) is 5.69 Å². The quantitative estimate of drug-likeness (QED) is 0.711. The van der Waals surface area contributed by atoms with Gasteiger partial charge in [-0.2, -0.15) is 0 Å². The summed E-state index contributed by atoms with van der Waals surface area (Å²) in [5, 5.41) is 3.10. The van der Waals surface area contributed by atoms with Crippen LogP contribution in [0.3, 0.4) is 0 Å². The van der Waals surface area contributed by atoms with E-state index in [9.17, 15) is 4.79 Å². The highest BCUT2D eigenvalue weighted by Gasteiger charge is 2.20. The lowest BCUT2D eigenvalue weighted by Crippen LogP contribution is -2.24. The van der Waals surface area contributed by atoms with Crippen LogP contribution >= 0.6 is 23.4 Å².